The zero-order chi connectivity index (χ0) is 19.6. The predicted molar refractivity (Wildman–Crippen MR) is 104 cm³/mol. The Labute approximate surface area is 160 Å². The van der Waals surface area contributed by atoms with Crippen LogP contribution in [-0.2, 0) is 5.41 Å². The summed E-state index contributed by atoms with van der Waals surface area (Å²) >= 11 is 0. The van der Waals surface area contributed by atoms with Crippen LogP contribution in [0.4, 0.5) is 0 Å². The number of aromatic amines is 1. The van der Waals surface area contributed by atoms with Crippen LogP contribution in [0.1, 0.15) is 47.1 Å². The molecule has 1 N–H and O–H groups in total. The Kier molecular flexibility index (Phi) is 5.26. The monoisotopic (exact) mass is 369 g/mol. The van der Waals surface area contributed by atoms with Gasteiger partial charge in [-0.1, -0.05) is 20.8 Å². The first kappa shape index (κ1) is 19.0. The van der Waals surface area contributed by atoms with E-state index in [0.29, 0.717) is 37.3 Å². The SMILES string of the molecule is COc1ccc(C(=O)N2CCN(C(=O)c3cc[nH]c3)CC2)cc1C(C)(C)C. The van der Waals surface area contributed by atoms with E-state index in [1.165, 1.54) is 0 Å². The van der Waals surface area contributed by atoms with Gasteiger partial charge in [0.25, 0.3) is 11.8 Å². The highest BCUT2D eigenvalue weighted by atomic mass is 16.5. The maximum absolute atomic E-state index is 13.0. The fraction of sp³-hybridized carbons (Fsp3) is 0.429. The van der Waals surface area contributed by atoms with Crippen LogP contribution < -0.4 is 4.74 Å². The largest absolute Gasteiger partial charge is 0.496 e. The van der Waals surface area contributed by atoms with Crippen molar-refractivity contribution in [3.05, 3.63) is 53.3 Å². The molecule has 0 aliphatic carbocycles. The minimum absolute atomic E-state index is 0.00261. The zero-order valence-electron chi connectivity index (χ0n) is 16.4. The highest BCUT2D eigenvalue weighted by Crippen LogP contribution is 2.32. The summed E-state index contributed by atoms with van der Waals surface area (Å²) in [5.41, 5.74) is 2.20. The van der Waals surface area contributed by atoms with E-state index in [0.717, 1.165) is 11.3 Å². The number of ether oxygens (including phenoxy) is 1. The predicted octanol–water partition coefficient (Wildman–Crippen LogP) is 2.92. The van der Waals surface area contributed by atoms with Gasteiger partial charge in [0.2, 0.25) is 0 Å². The number of nitrogens with one attached hydrogen (secondary N) is 1. The molecule has 0 unspecified atom stereocenters. The fourth-order valence-electron chi connectivity index (χ4n) is 3.36. The average Bonchev–Trinajstić information content (AvgIpc) is 3.20. The molecule has 1 aromatic carbocycles. The summed E-state index contributed by atoms with van der Waals surface area (Å²) in [5, 5.41) is 0. The lowest BCUT2D eigenvalue weighted by Crippen LogP contribution is -2.50. The average molecular weight is 369 g/mol. The molecular weight excluding hydrogens is 342 g/mol. The van der Waals surface area contributed by atoms with E-state index in [1.807, 2.05) is 23.1 Å². The van der Waals surface area contributed by atoms with Gasteiger partial charge in [0.1, 0.15) is 5.75 Å². The van der Waals surface area contributed by atoms with Crippen molar-refractivity contribution in [3.63, 3.8) is 0 Å². The van der Waals surface area contributed by atoms with Crippen LogP contribution in [0.3, 0.4) is 0 Å². The van der Waals surface area contributed by atoms with Crippen LogP contribution in [0.5, 0.6) is 5.75 Å². The first-order valence-electron chi connectivity index (χ1n) is 9.21. The molecule has 6 heteroatoms. The standard InChI is InChI=1S/C21H27N3O3/c1-21(2,3)17-13-15(5-6-18(17)27-4)19(25)23-9-11-24(12-10-23)20(26)16-7-8-22-14-16/h5-8,13-14,22H,9-12H2,1-4H3. The van der Waals surface area contributed by atoms with Gasteiger partial charge < -0.3 is 19.5 Å². The number of benzene rings is 1. The smallest absolute Gasteiger partial charge is 0.255 e. The van der Waals surface area contributed by atoms with Gasteiger partial charge in [0.15, 0.2) is 0 Å². The summed E-state index contributed by atoms with van der Waals surface area (Å²) in [7, 11) is 1.65. The maximum Gasteiger partial charge on any atom is 0.255 e. The van der Waals surface area contributed by atoms with Crippen molar-refractivity contribution in [2.45, 2.75) is 26.2 Å². The molecule has 2 aromatic rings. The molecule has 1 aliphatic heterocycles. The molecule has 2 amide bonds. The first-order valence-corrected chi connectivity index (χ1v) is 9.21. The Balaban J connectivity index is 1.70. The topological polar surface area (TPSA) is 65.6 Å². The van der Waals surface area contributed by atoms with Crippen molar-refractivity contribution in [2.24, 2.45) is 0 Å². The summed E-state index contributed by atoms with van der Waals surface area (Å²) in [4.78, 5) is 31.9. The number of piperazine rings is 1. The highest BCUT2D eigenvalue weighted by molar-refractivity contribution is 5.96. The van der Waals surface area contributed by atoms with Crippen LogP contribution in [0.25, 0.3) is 0 Å². The molecule has 0 bridgehead atoms. The number of carbonyl (C=O) groups excluding carboxylic acids is 2. The van der Waals surface area contributed by atoms with Crippen molar-refractivity contribution in [1.82, 2.24) is 14.8 Å². The molecule has 1 fully saturated rings. The van der Waals surface area contributed by atoms with Gasteiger partial charge in [-0.2, -0.15) is 0 Å². The number of methoxy groups -OCH3 is 1. The van der Waals surface area contributed by atoms with Crippen LogP contribution in [0.2, 0.25) is 0 Å². The molecule has 1 aliphatic rings. The van der Waals surface area contributed by atoms with Crippen molar-refractivity contribution >= 4 is 11.8 Å². The minimum Gasteiger partial charge on any atom is -0.496 e. The number of carbonyl (C=O) groups is 2. The fourth-order valence-corrected chi connectivity index (χ4v) is 3.36. The van der Waals surface area contributed by atoms with Gasteiger partial charge in [-0.25, -0.2) is 0 Å². The molecule has 1 saturated heterocycles. The second-order valence-electron chi connectivity index (χ2n) is 7.85. The second kappa shape index (κ2) is 7.47. The molecule has 2 heterocycles. The lowest BCUT2D eigenvalue weighted by Gasteiger charge is -2.35. The Bertz CT molecular complexity index is 814. The third-order valence-electron chi connectivity index (χ3n) is 4.95. The Hall–Kier alpha value is -2.76. The van der Waals surface area contributed by atoms with Crippen LogP contribution >= 0.6 is 0 Å². The first-order chi connectivity index (χ1) is 12.8. The zero-order valence-corrected chi connectivity index (χ0v) is 16.4. The molecule has 0 atom stereocenters. The third-order valence-corrected chi connectivity index (χ3v) is 4.95. The van der Waals surface area contributed by atoms with E-state index in [9.17, 15) is 9.59 Å². The van der Waals surface area contributed by atoms with E-state index in [4.69, 9.17) is 4.74 Å². The number of nitrogens with zero attached hydrogens (tertiary/aromatic N) is 2. The number of hydrogen-bond acceptors (Lipinski definition) is 3. The van der Waals surface area contributed by atoms with Crippen LogP contribution in [0.15, 0.2) is 36.7 Å². The van der Waals surface area contributed by atoms with E-state index in [1.54, 1.807) is 30.5 Å². The van der Waals surface area contributed by atoms with Gasteiger partial charge in [0, 0.05) is 49.7 Å². The summed E-state index contributed by atoms with van der Waals surface area (Å²) in [6.45, 7) is 8.45. The molecule has 144 valence electrons. The van der Waals surface area contributed by atoms with Gasteiger partial charge in [0.05, 0.1) is 12.7 Å². The van der Waals surface area contributed by atoms with Crippen LogP contribution in [0, 0.1) is 0 Å². The van der Waals surface area contributed by atoms with Crippen molar-refractivity contribution in [1.29, 1.82) is 0 Å². The third kappa shape index (κ3) is 3.99. The van der Waals surface area contributed by atoms with E-state index < -0.39 is 0 Å². The lowest BCUT2D eigenvalue weighted by atomic mass is 9.85. The molecular formula is C21H27N3O3. The van der Waals surface area contributed by atoms with Gasteiger partial charge in [-0.05, 0) is 29.7 Å². The summed E-state index contributed by atoms with van der Waals surface area (Å²) in [5.74, 6) is 0.792. The Morgan fingerprint density at radius 1 is 0.963 bits per heavy atom. The van der Waals surface area contributed by atoms with Crippen molar-refractivity contribution in [3.8, 4) is 5.75 Å². The molecule has 0 saturated carbocycles. The van der Waals surface area contributed by atoms with Crippen LogP contribution in [-0.4, -0.2) is 59.9 Å². The van der Waals surface area contributed by atoms with E-state index >= 15 is 0 Å². The summed E-state index contributed by atoms with van der Waals surface area (Å²) in [6, 6.07) is 7.37. The van der Waals surface area contributed by atoms with Crippen molar-refractivity contribution < 1.29 is 14.3 Å². The quantitative estimate of drug-likeness (QED) is 0.905. The lowest BCUT2D eigenvalue weighted by molar-refractivity contribution is 0.0535. The molecule has 6 nitrogen and oxygen atoms in total. The molecule has 1 aromatic heterocycles. The number of H-pyrrole nitrogens is 1. The van der Waals surface area contributed by atoms with E-state index in [2.05, 4.69) is 25.8 Å². The molecule has 0 radical (unpaired) electrons. The Morgan fingerprint density at radius 3 is 2.04 bits per heavy atom. The van der Waals surface area contributed by atoms with Gasteiger partial charge >= 0.3 is 0 Å². The summed E-state index contributed by atoms with van der Waals surface area (Å²) in [6.07, 6.45) is 3.44. The number of amides is 2. The van der Waals surface area contributed by atoms with Gasteiger partial charge in [-0.15, -0.1) is 0 Å². The number of hydrogen-bond donors (Lipinski definition) is 1. The summed E-state index contributed by atoms with van der Waals surface area (Å²) < 4.78 is 5.46. The second-order valence-corrected chi connectivity index (χ2v) is 7.85. The maximum atomic E-state index is 13.0. The van der Waals surface area contributed by atoms with Gasteiger partial charge in [-0.3, -0.25) is 9.59 Å². The molecule has 3 rings (SSSR count). The number of rotatable bonds is 3. The molecule has 27 heavy (non-hydrogen) atoms. The number of aromatic nitrogens is 1. The normalized spacial score (nSPS) is 15.0. The Morgan fingerprint density at radius 2 is 1.56 bits per heavy atom. The minimum atomic E-state index is -0.122. The highest BCUT2D eigenvalue weighted by Gasteiger charge is 2.27. The van der Waals surface area contributed by atoms with E-state index in [-0.39, 0.29) is 17.2 Å². The van der Waals surface area contributed by atoms with Crippen molar-refractivity contribution in [2.75, 3.05) is 33.3 Å². The molecule has 0 spiro atoms.